The van der Waals surface area contributed by atoms with Crippen molar-refractivity contribution in [2.24, 2.45) is 0 Å². The first-order valence-corrected chi connectivity index (χ1v) is 9.23. The quantitative estimate of drug-likeness (QED) is 0.824. The number of hydrogen-bond donors (Lipinski definition) is 0. The van der Waals surface area contributed by atoms with Crippen LogP contribution in [0.5, 0.6) is 0 Å². The van der Waals surface area contributed by atoms with E-state index in [0.29, 0.717) is 19.1 Å². The van der Waals surface area contributed by atoms with Crippen LogP contribution in [0.1, 0.15) is 45.2 Å². The molecule has 0 radical (unpaired) electrons. The average Bonchev–Trinajstić information content (AvgIpc) is 2.99. The van der Waals surface area contributed by atoms with Crippen LogP contribution in [0.25, 0.3) is 0 Å². The van der Waals surface area contributed by atoms with Gasteiger partial charge in [0.15, 0.2) is 0 Å². The minimum Gasteiger partial charge on any atom is -0.444 e. The van der Waals surface area contributed by atoms with Gasteiger partial charge in [-0.25, -0.2) is 9.78 Å². The molecule has 1 amide bonds. The lowest BCUT2D eigenvalue weighted by molar-refractivity contribution is 0.0240. The fourth-order valence-corrected chi connectivity index (χ4v) is 3.66. The Balaban J connectivity index is 1.67. The number of pyridine rings is 1. The molecule has 2 fully saturated rings. The van der Waals surface area contributed by atoms with Gasteiger partial charge in [0.25, 0.3) is 0 Å². The summed E-state index contributed by atoms with van der Waals surface area (Å²) >= 11 is 0. The summed E-state index contributed by atoms with van der Waals surface area (Å²) in [4.78, 5) is 23.4. The standard InChI is InChI=1S/C19H30N4O2/c1-19(2,3)25-18(24)23-13-11-22(12-14-23)17-15(7-5-9-20-17)16-8-6-10-21(16)4/h5,7,9,16H,6,8,10-14H2,1-4H3/t16-/m1/s1. The smallest absolute Gasteiger partial charge is 0.410 e. The molecule has 0 spiro atoms. The maximum absolute atomic E-state index is 12.2. The lowest BCUT2D eigenvalue weighted by atomic mass is 10.0. The number of carbonyl (C=O) groups excluding carboxylic acids is 1. The lowest BCUT2D eigenvalue weighted by Crippen LogP contribution is -2.50. The third-order valence-electron chi connectivity index (χ3n) is 4.93. The minimum atomic E-state index is -0.449. The van der Waals surface area contributed by atoms with Crippen molar-refractivity contribution in [1.82, 2.24) is 14.8 Å². The molecule has 138 valence electrons. The highest BCUT2D eigenvalue weighted by molar-refractivity contribution is 5.68. The van der Waals surface area contributed by atoms with Crippen molar-refractivity contribution < 1.29 is 9.53 Å². The van der Waals surface area contributed by atoms with Gasteiger partial charge in [0, 0.05) is 44.0 Å². The number of aromatic nitrogens is 1. The molecule has 3 heterocycles. The Morgan fingerprint density at radius 2 is 1.92 bits per heavy atom. The van der Waals surface area contributed by atoms with Gasteiger partial charge < -0.3 is 14.5 Å². The normalized spacial score (nSPS) is 22.3. The van der Waals surface area contributed by atoms with Crippen molar-refractivity contribution in [2.75, 3.05) is 44.7 Å². The van der Waals surface area contributed by atoms with Gasteiger partial charge in [0.1, 0.15) is 11.4 Å². The van der Waals surface area contributed by atoms with E-state index in [-0.39, 0.29) is 6.09 Å². The molecular weight excluding hydrogens is 316 g/mol. The Morgan fingerprint density at radius 1 is 1.20 bits per heavy atom. The molecule has 2 aliphatic heterocycles. The molecule has 0 aromatic carbocycles. The molecule has 0 N–H and O–H groups in total. The summed E-state index contributed by atoms with van der Waals surface area (Å²) < 4.78 is 5.48. The summed E-state index contributed by atoms with van der Waals surface area (Å²) in [5.41, 5.74) is 0.864. The number of nitrogens with zero attached hydrogens (tertiary/aromatic N) is 4. The second-order valence-corrected chi connectivity index (χ2v) is 8.01. The van der Waals surface area contributed by atoms with Crippen LogP contribution < -0.4 is 4.90 Å². The fourth-order valence-electron chi connectivity index (χ4n) is 3.66. The van der Waals surface area contributed by atoms with Crippen molar-refractivity contribution in [3.8, 4) is 0 Å². The fraction of sp³-hybridized carbons (Fsp3) is 0.684. The van der Waals surface area contributed by atoms with E-state index in [1.54, 1.807) is 4.90 Å². The first-order valence-electron chi connectivity index (χ1n) is 9.23. The van der Waals surface area contributed by atoms with Gasteiger partial charge in [-0.1, -0.05) is 6.07 Å². The summed E-state index contributed by atoms with van der Waals surface area (Å²) in [6, 6.07) is 4.68. The van der Waals surface area contributed by atoms with E-state index >= 15 is 0 Å². The lowest BCUT2D eigenvalue weighted by Gasteiger charge is -2.37. The molecule has 1 aromatic rings. The van der Waals surface area contributed by atoms with E-state index in [1.807, 2.05) is 33.0 Å². The number of amides is 1. The molecule has 0 bridgehead atoms. The largest absolute Gasteiger partial charge is 0.444 e. The number of rotatable bonds is 2. The summed E-state index contributed by atoms with van der Waals surface area (Å²) in [6.45, 7) is 9.78. The molecular formula is C19H30N4O2. The first-order chi connectivity index (χ1) is 11.8. The number of anilines is 1. The molecule has 2 saturated heterocycles. The topological polar surface area (TPSA) is 48.9 Å². The van der Waals surface area contributed by atoms with Crippen molar-refractivity contribution in [3.63, 3.8) is 0 Å². The highest BCUT2D eigenvalue weighted by atomic mass is 16.6. The third-order valence-corrected chi connectivity index (χ3v) is 4.93. The van der Waals surface area contributed by atoms with Gasteiger partial charge >= 0.3 is 6.09 Å². The summed E-state index contributed by atoms with van der Waals surface area (Å²) in [7, 11) is 2.19. The Kier molecular flexibility index (Phi) is 5.18. The van der Waals surface area contributed by atoms with Gasteiger partial charge in [-0.15, -0.1) is 0 Å². The second-order valence-electron chi connectivity index (χ2n) is 8.01. The van der Waals surface area contributed by atoms with Gasteiger partial charge in [-0.2, -0.15) is 0 Å². The van der Waals surface area contributed by atoms with Crippen LogP contribution in [0, 0.1) is 0 Å². The van der Waals surface area contributed by atoms with Crippen LogP contribution in [-0.2, 0) is 4.74 Å². The van der Waals surface area contributed by atoms with Crippen LogP contribution in [0.3, 0.4) is 0 Å². The molecule has 1 aromatic heterocycles. The number of likely N-dealkylation sites (tertiary alicyclic amines) is 1. The van der Waals surface area contributed by atoms with Crippen molar-refractivity contribution in [1.29, 1.82) is 0 Å². The van der Waals surface area contributed by atoms with Crippen LogP contribution in [0.15, 0.2) is 18.3 Å². The Bertz CT molecular complexity index is 606. The zero-order valence-corrected chi connectivity index (χ0v) is 15.9. The molecule has 6 nitrogen and oxygen atoms in total. The third kappa shape index (κ3) is 4.24. The SMILES string of the molecule is CN1CCC[C@@H]1c1cccnc1N1CCN(C(=O)OC(C)(C)C)CC1. The molecule has 2 aliphatic rings. The number of ether oxygens (including phenoxy) is 1. The predicted octanol–water partition coefficient (Wildman–Crippen LogP) is 2.91. The van der Waals surface area contributed by atoms with Gasteiger partial charge in [0.05, 0.1) is 0 Å². The number of piperazine rings is 1. The van der Waals surface area contributed by atoms with Crippen molar-refractivity contribution in [3.05, 3.63) is 23.9 Å². The van der Waals surface area contributed by atoms with E-state index in [0.717, 1.165) is 25.5 Å². The molecule has 0 saturated carbocycles. The molecule has 6 heteroatoms. The van der Waals surface area contributed by atoms with Crippen LogP contribution in [0.4, 0.5) is 10.6 Å². The highest BCUT2D eigenvalue weighted by Gasteiger charge is 2.30. The molecule has 1 atom stereocenters. The van der Waals surface area contributed by atoms with Crippen LogP contribution >= 0.6 is 0 Å². The van der Waals surface area contributed by atoms with Gasteiger partial charge in [-0.3, -0.25) is 4.90 Å². The zero-order chi connectivity index (χ0) is 18.0. The van der Waals surface area contributed by atoms with E-state index in [9.17, 15) is 4.79 Å². The highest BCUT2D eigenvalue weighted by Crippen LogP contribution is 2.35. The Labute approximate surface area is 150 Å². The Hall–Kier alpha value is -1.82. The number of carbonyl (C=O) groups is 1. The maximum Gasteiger partial charge on any atom is 0.410 e. The molecule has 25 heavy (non-hydrogen) atoms. The summed E-state index contributed by atoms with van der Waals surface area (Å²) in [6.07, 6.45) is 4.08. The molecule has 0 aliphatic carbocycles. The van der Waals surface area contributed by atoms with Crippen molar-refractivity contribution in [2.45, 2.75) is 45.3 Å². The van der Waals surface area contributed by atoms with Crippen LogP contribution in [-0.4, -0.2) is 66.2 Å². The Morgan fingerprint density at radius 3 is 2.52 bits per heavy atom. The van der Waals surface area contributed by atoms with Crippen molar-refractivity contribution >= 4 is 11.9 Å². The zero-order valence-electron chi connectivity index (χ0n) is 15.9. The van der Waals surface area contributed by atoms with Crippen LogP contribution in [0.2, 0.25) is 0 Å². The summed E-state index contributed by atoms with van der Waals surface area (Å²) in [5.74, 6) is 1.07. The van der Waals surface area contributed by atoms with Gasteiger partial charge in [-0.05, 0) is 53.3 Å². The van der Waals surface area contributed by atoms with Gasteiger partial charge in [0.2, 0.25) is 0 Å². The maximum atomic E-state index is 12.2. The van der Waals surface area contributed by atoms with E-state index in [4.69, 9.17) is 4.74 Å². The monoisotopic (exact) mass is 346 g/mol. The number of hydrogen-bond acceptors (Lipinski definition) is 5. The first kappa shape index (κ1) is 18.0. The van der Waals surface area contributed by atoms with E-state index in [1.165, 1.54) is 18.4 Å². The average molecular weight is 346 g/mol. The van der Waals surface area contributed by atoms with E-state index < -0.39 is 5.60 Å². The predicted molar refractivity (Wildman–Crippen MR) is 98.9 cm³/mol. The minimum absolute atomic E-state index is 0.219. The summed E-state index contributed by atoms with van der Waals surface area (Å²) in [5, 5.41) is 0. The molecule has 0 unspecified atom stereocenters. The van der Waals surface area contributed by atoms with E-state index in [2.05, 4.69) is 27.9 Å². The second kappa shape index (κ2) is 7.20. The molecule has 3 rings (SSSR count).